The van der Waals surface area contributed by atoms with Gasteiger partial charge in [-0.2, -0.15) is 4.39 Å². The highest BCUT2D eigenvalue weighted by molar-refractivity contribution is 6.56. The highest BCUT2D eigenvalue weighted by Gasteiger charge is 2.52. The van der Waals surface area contributed by atoms with Crippen molar-refractivity contribution in [2.45, 2.75) is 45.5 Å². The quantitative estimate of drug-likeness (QED) is 0.398. The predicted molar refractivity (Wildman–Crippen MR) is 118 cm³/mol. The third-order valence-electron chi connectivity index (χ3n) is 5.64. The van der Waals surface area contributed by atoms with Gasteiger partial charge in [-0.15, -0.1) is 0 Å². The summed E-state index contributed by atoms with van der Waals surface area (Å²) in [5.74, 6) is -0.878. The zero-order chi connectivity index (χ0) is 23.4. The Labute approximate surface area is 187 Å². The Kier molecular flexibility index (Phi) is 7.11. The molecule has 0 radical (unpaired) electrons. The molecule has 1 aromatic carbocycles. The Morgan fingerprint density at radius 3 is 2.44 bits per heavy atom. The van der Waals surface area contributed by atoms with Crippen LogP contribution in [-0.2, 0) is 20.7 Å². The van der Waals surface area contributed by atoms with Crippen LogP contribution in [0.15, 0.2) is 48.1 Å². The van der Waals surface area contributed by atoms with Gasteiger partial charge in [0.25, 0.3) is 0 Å². The van der Waals surface area contributed by atoms with Crippen LogP contribution in [-0.4, -0.2) is 42.2 Å². The van der Waals surface area contributed by atoms with E-state index in [1.54, 1.807) is 6.08 Å². The Balaban J connectivity index is 1.79. The van der Waals surface area contributed by atoms with E-state index in [9.17, 15) is 14.0 Å². The number of aromatic nitrogens is 1. The van der Waals surface area contributed by atoms with Gasteiger partial charge in [-0.05, 0) is 50.4 Å². The first-order valence-corrected chi connectivity index (χ1v) is 10.2. The maximum atomic E-state index is 14.0. The van der Waals surface area contributed by atoms with E-state index in [1.807, 2.05) is 58.0 Å². The lowest BCUT2D eigenvalue weighted by atomic mass is 9.76. The zero-order valence-electron chi connectivity index (χ0n) is 18.6. The number of rotatable bonds is 7. The summed E-state index contributed by atoms with van der Waals surface area (Å²) < 4.78 is 31.4. The molecule has 0 aliphatic carbocycles. The number of carbonyl (C=O) groups excluding carboxylic acids is 2. The SMILES string of the molecule is CC1(C)OB(C(=Cc2ccnc(F)c2C=O)CNC(=O)OCc2ccccc2)OC1(C)C. The molecule has 0 unspecified atom stereocenters. The normalized spacial score (nSPS) is 17.2. The fraction of sp³-hybridized carbons (Fsp3) is 0.348. The number of aldehydes is 1. The van der Waals surface area contributed by atoms with Crippen molar-refractivity contribution in [3.63, 3.8) is 0 Å². The molecule has 1 fully saturated rings. The molecule has 0 atom stereocenters. The summed E-state index contributed by atoms with van der Waals surface area (Å²) in [6.45, 7) is 7.72. The lowest BCUT2D eigenvalue weighted by molar-refractivity contribution is 0.00578. The van der Waals surface area contributed by atoms with Crippen molar-refractivity contribution in [3.05, 3.63) is 70.7 Å². The molecule has 0 spiro atoms. The van der Waals surface area contributed by atoms with Gasteiger partial charge in [-0.1, -0.05) is 36.4 Å². The lowest BCUT2D eigenvalue weighted by Crippen LogP contribution is -2.41. The second-order valence-corrected chi connectivity index (χ2v) is 8.45. The Morgan fingerprint density at radius 1 is 1.16 bits per heavy atom. The smallest absolute Gasteiger partial charge is 0.445 e. The fourth-order valence-corrected chi connectivity index (χ4v) is 3.05. The number of hydrogen-bond donors (Lipinski definition) is 1. The van der Waals surface area contributed by atoms with Crippen LogP contribution in [0, 0.1) is 5.95 Å². The van der Waals surface area contributed by atoms with E-state index < -0.39 is 30.4 Å². The molecule has 1 saturated heterocycles. The minimum atomic E-state index is -0.878. The Hall–Kier alpha value is -3.04. The van der Waals surface area contributed by atoms with E-state index in [-0.39, 0.29) is 18.7 Å². The summed E-state index contributed by atoms with van der Waals surface area (Å²) in [5, 5.41) is 2.67. The van der Waals surface area contributed by atoms with Crippen LogP contribution >= 0.6 is 0 Å². The van der Waals surface area contributed by atoms with Gasteiger partial charge in [0.05, 0.1) is 16.8 Å². The monoisotopic (exact) mass is 440 g/mol. The van der Waals surface area contributed by atoms with Crippen LogP contribution in [0.5, 0.6) is 0 Å². The molecule has 1 aliphatic heterocycles. The van der Waals surface area contributed by atoms with Crippen LogP contribution in [0.3, 0.4) is 0 Å². The maximum Gasteiger partial charge on any atom is 0.492 e. The average molecular weight is 440 g/mol. The van der Waals surface area contributed by atoms with Gasteiger partial charge in [0.15, 0.2) is 6.29 Å². The number of amides is 1. The van der Waals surface area contributed by atoms with Crippen molar-refractivity contribution in [2.24, 2.45) is 0 Å². The molecule has 0 bridgehead atoms. The zero-order valence-corrected chi connectivity index (χ0v) is 18.6. The Bertz CT molecular complexity index is 995. The second kappa shape index (κ2) is 9.62. The van der Waals surface area contributed by atoms with E-state index in [2.05, 4.69) is 10.3 Å². The van der Waals surface area contributed by atoms with Gasteiger partial charge in [-0.3, -0.25) is 4.79 Å². The van der Waals surface area contributed by atoms with E-state index in [4.69, 9.17) is 14.0 Å². The first-order chi connectivity index (χ1) is 15.1. The van der Waals surface area contributed by atoms with Crippen molar-refractivity contribution >= 4 is 25.6 Å². The van der Waals surface area contributed by atoms with Crippen molar-refractivity contribution < 1.29 is 28.0 Å². The minimum absolute atomic E-state index is 0.00664. The summed E-state index contributed by atoms with van der Waals surface area (Å²) in [7, 11) is -0.815. The number of halogens is 1. The average Bonchev–Trinajstić information content (AvgIpc) is 2.97. The highest BCUT2D eigenvalue weighted by Crippen LogP contribution is 2.38. The molecular formula is C23H26BFN2O5. The van der Waals surface area contributed by atoms with Gasteiger partial charge < -0.3 is 19.4 Å². The van der Waals surface area contributed by atoms with E-state index in [0.717, 1.165) is 5.56 Å². The standard InChI is InChI=1S/C23H26BFN2O5/c1-22(2)23(3,4)32-24(31-22)18(12-17-10-11-26-20(25)19(17)14-28)13-27-21(29)30-15-16-8-6-5-7-9-16/h5-12,14H,13,15H2,1-4H3,(H,27,29). The molecule has 2 aromatic rings. The molecule has 168 valence electrons. The van der Waals surface area contributed by atoms with Crippen LogP contribution in [0.2, 0.25) is 0 Å². The van der Waals surface area contributed by atoms with Crippen LogP contribution in [0.25, 0.3) is 6.08 Å². The number of carbonyl (C=O) groups is 2. The van der Waals surface area contributed by atoms with Gasteiger partial charge in [0, 0.05) is 12.7 Å². The summed E-state index contributed by atoms with van der Waals surface area (Å²) in [4.78, 5) is 27.1. The molecule has 9 heteroatoms. The van der Waals surface area contributed by atoms with E-state index in [0.29, 0.717) is 17.3 Å². The lowest BCUT2D eigenvalue weighted by Gasteiger charge is -2.32. The summed E-state index contributed by atoms with van der Waals surface area (Å²) >= 11 is 0. The highest BCUT2D eigenvalue weighted by atomic mass is 19.1. The number of benzene rings is 1. The number of ether oxygens (including phenoxy) is 1. The number of alkyl carbamates (subject to hydrolysis) is 1. The molecule has 1 aliphatic rings. The van der Waals surface area contributed by atoms with Gasteiger partial charge >= 0.3 is 13.2 Å². The Morgan fingerprint density at radius 2 is 1.81 bits per heavy atom. The summed E-state index contributed by atoms with van der Waals surface area (Å²) in [6.07, 6.45) is 2.59. The number of hydrogen-bond acceptors (Lipinski definition) is 6. The third-order valence-corrected chi connectivity index (χ3v) is 5.64. The van der Waals surface area contributed by atoms with E-state index in [1.165, 1.54) is 12.3 Å². The molecule has 1 aromatic heterocycles. The first kappa shape index (κ1) is 23.6. The van der Waals surface area contributed by atoms with Crippen LogP contribution < -0.4 is 5.32 Å². The van der Waals surface area contributed by atoms with Crippen molar-refractivity contribution in [1.82, 2.24) is 10.3 Å². The van der Waals surface area contributed by atoms with Crippen LogP contribution in [0.1, 0.15) is 49.2 Å². The molecule has 1 N–H and O–H groups in total. The van der Waals surface area contributed by atoms with Gasteiger partial charge in [0.1, 0.15) is 6.61 Å². The van der Waals surface area contributed by atoms with Gasteiger partial charge in [-0.25, -0.2) is 9.78 Å². The van der Waals surface area contributed by atoms with Gasteiger partial charge in [0.2, 0.25) is 5.95 Å². The molecule has 2 heterocycles. The largest absolute Gasteiger partial charge is 0.492 e. The van der Waals surface area contributed by atoms with Crippen LogP contribution in [0.4, 0.5) is 9.18 Å². The molecule has 1 amide bonds. The van der Waals surface area contributed by atoms with E-state index >= 15 is 0 Å². The molecule has 0 saturated carbocycles. The second-order valence-electron chi connectivity index (χ2n) is 8.45. The van der Waals surface area contributed by atoms with Crippen molar-refractivity contribution in [2.75, 3.05) is 6.54 Å². The number of nitrogens with zero attached hydrogens (tertiary/aromatic N) is 1. The molecular weight excluding hydrogens is 414 g/mol. The number of nitrogens with one attached hydrogen (secondary N) is 1. The first-order valence-electron chi connectivity index (χ1n) is 10.2. The maximum absolute atomic E-state index is 14.0. The van der Waals surface area contributed by atoms with Crippen molar-refractivity contribution in [1.29, 1.82) is 0 Å². The molecule has 3 rings (SSSR count). The molecule has 32 heavy (non-hydrogen) atoms. The van der Waals surface area contributed by atoms with Crippen molar-refractivity contribution in [3.8, 4) is 0 Å². The third kappa shape index (κ3) is 5.41. The topological polar surface area (TPSA) is 86.8 Å². The predicted octanol–water partition coefficient (Wildman–Crippen LogP) is 3.97. The summed E-state index contributed by atoms with van der Waals surface area (Å²) in [6, 6.07) is 10.8. The fourth-order valence-electron chi connectivity index (χ4n) is 3.05. The number of pyridine rings is 1. The minimum Gasteiger partial charge on any atom is -0.445 e. The summed E-state index contributed by atoms with van der Waals surface area (Å²) in [5.41, 5.74) is 0.217. The molecule has 7 nitrogen and oxygen atoms in total.